The number of halogens is 1. The monoisotopic (exact) mass is 433 g/mol. The molecule has 1 aliphatic rings. The normalized spacial score (nSPS) is 15.8. The van der Waals surface area contributed by atoms with E-state index in [1.807, 2.05) is 19.1 Å². The zero-order chi connectivity index (χ0) is 21.9. The van der Waals surface area contributed by atoms with E-state index in [4.69, 9.17) is 4.74 Å². The van der Waals surface area contributed by atoms with E-state index in [1.54, 1.807) is 24.3 Å². The highest BCUT2D eigenvalue weighted by Crippen LogP contribution is 2.31. The SMILES string of the molecule is CC[C@@H](NS(=O)(=O)c1ccc(CC(C)(C)C)cc1)c1ccc(F)c(OCC2CC2)c1. The minimum Gasteiger partial charge on any atom is -0.490 e. The van der Waals surface area contributed by atoms with Crippen LogP contribution in [0.25, 0.3) is 0 Å². The number of benzene rings is 2. The van der Waals surface area contributed by atoms with Crippen molar-refractivity contribution in [1.82, 2.24) is 4.72 Å². The van der Waals surface area contributed by atoms with E-state index in [-0.39, 0.29) is 16.1 Å². The van der Waals surface area contributed by atoms with E-state index in [1.165, 1.54) is 6.07 Å². The van der Waals surface area contributed by atoms with Crippen LogP contribution in [0, 0.1) is 17.2 Å². The number of hydrogen-bond acceptors (Lipinski definition) is 3. The van der Waals surface area contributed by atoms with Crippen LogP contribution < -0.4 is 9.46 Å². The van der Waals surface area contributed by atoms with E-state index >= 15 is 0 Å². The molecule has 0 unspecified atom stereocenters. The molecule has 4 nitrogen and oxygen atoms in total. The standard InChI is InChI=1S/C24H32FNO3S/c1-5-22(19-10-13-21(25)23(14-19)29-16-18-6-7-18)26-30(27,28)20-11-8-17(9-12-20)15-24(2,3)4/h8-14,18,22,26H,5-7,15-16H2,1-4H3/t22-/m1/s1. The minimum atomic E-state index is -3.70. The first-order valence-electron chi connectivity index (χ1n) is 10.6. The molecule has 1 saturated carbocycles. The number of ether oxygens (including phenoxy) is 1. The van der Waals surface area contributed by atoms with E-state index < -0.39 is 21.9 Å². The number of sulfonamides is 1. The molecule has 1 atom stereocenters. The van der Waals surface area contributed by atoms with E-state index in [9.17, 15) is 12.8 Å². The summed E-state index contributed by atoms with van der Waals surface area (Å²) in [6.07, 6.45) is 3.65. The molecule has 1 aliphatic carbocycles. The molecule has 3 rings (SSSR count). The summed E-state index contributed by atoms with van der Waals surface area (Å²) in [5.74, 6) is 0.268. The summed E-state index contributed by atoms with van der Waals surface area (Å²) in [5.41, 5.74) is 1.93. The molecule has 0 heterocycles. The first-order valence-corrected chi connectivity index (χ1v) is 12.1. The maximum absolute atomic E-state index is 14.1. The van der Waals surface area contributed by atoms with Gasteiger partial charge >= 0.3 is 0 Å². The Kier molecular flexibility index (Phi) is 6.88. The lowest BCUT2D eigenvalue weighted by Crippen LogP contribution is -2.28. The molecule has 164 valence electrons. The molecule has 2 aromatic rings. The lowest BCUT2D eigenvalue weighted by molar-refractivity contribution is 0.284. The molecule has 0 aromatic heterocycles. The Morgan fingerprint density at radius 3 is 2.37 bits per heavy atom. The van der Waals surface area contributed by atoms with E-state index in [0.29, 0.717) is 24.5 Å². The Labute approximate surface area is 179 Å². The average molecular weight is 434 g/mol. The summed E-state index contributed by atoms with van der Waals surface area (Å²) < 4.78 is 48.3. The third-order valence-corrected chi connectivity index (χ3v) is 6.69. The van der Waals surface area contributed by atoms with Gasteiger partial charge in [-0.2, -0.15) is 0 Å². The van der Waals surface area contributed by atoms with Crippen LogP contribution in [0.2, 0.25) is 0 Å². The molecular weight excluding hydrogens is 401 g/mol. The second-order valence-electron chi connectivity index (χ2n) is 9.41. The van der Waals surface area contributed by atoms with Crippen molar-refractivity contribution in [3.8, 4) is 5.75 Å². The topological polar surface area (TPSA) is 55.4 Å². The van der Waals surface area contributed by atoms with Crippen LogP contribution in [0.3, 0.4) is 0 Å². The Hall–Kier alpha value is -1.92. The molecule has 0 amide bonds. The van der Waals surface area contributed by atoms with Gasteiger partial charge < -0.3 is 4.74 Å². The molecule has 0 saturated heterocycles. The summed E-state index contributed by atoms with van der Waals surface area (Å²) in [7, 11) is -3.70. The van der Waals surface area contributed by atoms with Crippen LogP contribution in [-0.2, 0) is 16.4 Å². The number of nitrogens with one attached hydrogen (secondary N) is 1. The zero-order valence-electron chi connectivity index (χ0n) is 18.2. The average Bonchev–Trinajstić information content (AvgIpc) is 3.49. The van der Waals surface area contributed by atoms with Crippen molar-refractivity contribution in [3.63, 3.8) is 0 Å². The molecule has 30 heavy (non-hydrogen) atoms. The fourth-order valence-electron chi connectivity index (χ4n) is 3.38. The lowest BCUT2D eigenvalue weighted by Gasteiger charge is -2.20. The predicted molar refractivity (Wildman–Crippen MR) is 118 cm³/mol. The maximum atomic E-state index is 14.1. The smallest absolute Gasteiger partial charge is 0.241 e. The second-order valence-corrected chi connectivity index (χ2v) is 11.1. The third-order valence-electron chi connectivity index (χ3n) is 5.20. The largest absolute Gasteiger partial charge is 0.490 e. The summed E-state index contributed by atoms with van der Waals surface area (Å²) in [6, 6.07) is 11.1. The molecule has 1 N–H and O–H groups in total. The van der Waals surface area contributed by atoms with E-state index in [0.717, 1.165) is 24.8 Å². The molecule has 6 heteroatoms. The molecule has 0 radical (unpaired) electrons. The highest BCUT2D eigenvalue weighted by atomic mass is 32.2. The van der Waals surface area contributed by atoms with Gasteiger partial charge in [0, 0.05) is 6.04 Å². The molecule has 0 spiro atoms. The van der Waals surface area contributed by atoms with E-state index in [2.05, 4.69) is 25.5 Å². The van der Waals surface area contributed by atoms with Gasteiger partial charge in [-0.15, -0.1) is 0 Å². The lowest BCUT2D eigenvalue weighted by atomic mass is 9.88. The minimum absolute atomic E-state index is 0.133. The fraction of sp³-hybridized carbons (Fsp3) is 0.500. The van der Waals surface area contributed by atoms with Crippen LogP contribution in [0.5, 0.6) is 5.75 Å². The van der Waals surface area contributed by atoms with Crippen molar-refractivity contribution in [2.45, 2.75) is 64.3 Å². The summed E-state index contributed by atoms with van der Waals surface area (Å²) in [6.45, 7) is 8.85. The van der Waals surface area contributed by atoms with Crippen LogP contribution >= 0.6 is 0 Å². The van der Waals surface area contributed by atoms with Gasteiger partial charge in [0.05, 0.1) is 11.5 Å². The first-order chi connectivity index (χ1) is 14.1. The summed E-state index contributed by atoms with van der Waals surface area (Å²) >= 11 is 0. The molecule has 1 fully saturated rings. The van der Waals surface area contributed by atoms with Crippen molar-refractivity contribution in [1.29, 1.82) is 0 Å². The second kappa shape index (κ2) is 9.06. The number of hydrogen-bond donors (Lipinski definition) is 1. The van der Waals surface area contributed by atoms with Crippen molar-refractivity contribution in [2.75, 3.05) is 6.61 Å². The van der Waals surface area contributed by atoms with Crippen molar-refractivity contribution in [3.05, 3.63) is 59.4 Å². The van der Waals surface area contributed by atoms with Gasteiger partial charge in [0.2, 0.25) is 10.0 Å². The van der Waals surface area contributed by atoms with Gasteiger partial charge in [-0.1, -0.05) is 45.9 Å². The van der Waals surface area contributed by atoms with Crippen molar-refractivity contribution >= 4 is 10.0 Å². The maximum Gasteiger partial charge on any atom is 0.241 e. The van der Waals surface area contributed by atoms with Crippen molar-refractivity contribution in [2.24, 2.45) is 11.3 Å². The molecular formula is C24H32FNO3S. The Balaban J connectivity index is 1.74. The van der Waals surface area contributed by atoms with Gasteiger partial charge in [0.25, 0.3) is 0 Å². The van der Waals surface area contributed by atoms with Gasteiger partial charge in [-0.05, 0) is 72.4 Å². The molecule has 0 bridgehead atoms. The van der Waals surface area contributed by atoms with Gasteiger partial charge in [-0.3, -0.25) is 0 Å². The van der Waals surface area contributed by atoms with Gasteiger partial charge in [0.15, 0.2) is 11.6 Å². The predicted octanol–water partition coefficient (Wildman–Crippen LogP) is 5.63. The highest BCUT2D eigenvalue weighted by molar-refractivity contribution is 7.89. The zero-order valence-corrected chi connectivity index (χ0v) is 19.1. The van der Waals surface area contributed by atoms with Crippen LogP contribution in [0.4, 0.5) is 4.39 Å². The quantitative estimate of drug-likeness (QED) is 0.557. The van der Waals surface area contributed by atoms with Gasteiger partial charge in [0.1, 0.15) is 0 Å². The van der Waals surface area contributed by atoms with Crippen LogP contribution in [-0.4, -0.2) is 15.0 Å². The number of rotatable bonds is 9. The Morgan fingerprint density at radius 1 is 1.13 bits per heavy atom. The molecule has 2 aromatic carbocycles. The Bertz CT molecular complexity index is 961. The van der Waals surface area contributed by atoms with Gasteiger partial charge in [-0.25, -0.2) is 17.5 Å². The van der Waals surface area contributed by atoms with Crippen molar-refractivity contribution < 1.29 is 17.5 Å². The van der Waals surface area contributed by atoms with Crippen LogP contribution in [0.1, 0.15) is 64.1 Å². The summed E-state index contributed by atoms with van der Waals surface area (Å²) in [4.78, 5) is 0.228. The highest BCUT2D eigenvalue weighted by Gasteiger charge is 2.24. The van der Waals surface area contributed by atoms with Crippen LogP contribution in [0.15, 0.2) is 47.4 Å². The summed E-state index contributed by atoms with van der Waals surface area (Å²) in [5, 5.41) is 0. The molecule has 0 aliphatic heterocycles. The Morgan fingerprint density at radius 2 is 1.80 bits per heavy atom. The third kappa shape index (κ3) is 6.29. The first kappa shape index (κ1) is 22.8. The fourth-order valence-corrected chi connectivity index (χ4v) is 4.69.